The Hall–Kier alpha value is 1.30. The summed E-state index contributed by atoms with van der Waals surface area (Å²) in [5, 5.41) is 5.97. The van der Waals surface area contributed by atoms with Crippen molar-refractivity contribution in [2.75, 3.05) is 58.9 Å². The molecule has 4 fully saturated rings. The molecule has 0 aromatic heterocycles. The molecule has 3 aliphatic heterocycles. The number of nitrogens with two attached hydrogens (primary N) is 1. The fourth-order valence-corrected chi connectivity index (χ4v) is 5.30. The first-order valence-corrected chi connectivity index (χ1v) is 9.82. The second-order valence-corrected chi connectivity index (χ2v) is 8.46. The van der Waals surface area contributed by atoms with Crippen LogP contribution in [0.3, 0.4) is 0 Å². The normalized spacial score (nSPS) is 29.5. The van der Waals surface area contributed by atoms with Gasteiger partial charge in [-0.25, -0.2) is 0 Å². The summed E-state index contributed by atoms with van der Waals surface area (Å²) < 4.78 is 0. The van der Waals surface area contributed by atoms with Crippen LogP contribution in [0.25, 0.3) is 0 Å². The van der Waals surface area contributed by atoms with Gasteiger partial charge < -0.3 is 68.4 Å². The van der Waals surface area contributed by atoms with Crippen LogP contribution >= 0.6 is 0 Å². The van der Waals surface area contributed by atoms with E-state index < -0.39 is 0 Å². The Morgan fingerprint density at radius 1 is 0.875 bits per heavy atom. The smallest absolute Gasteiger partial charge is 0.0867 e. The topological polar surface area (TPSA) is 35.1 Å². The molecule has 3 N–H and O–H groups in total. The largest absolute Gasteiger partial charge is 1.00 e. The molecule has 4 aliphatic rings. The van der Waals surface area contributed by atoms with E-state index >= 15 is 0 Å². The van der Waals surface area contributed by atoms with Crippen molar-refractivity contribution < 1.29 is 53.3 Å². The van der Waals surface area contributed by atoms with Crippen LogP contribution in [0.4, 0.5) is 0 Å². The number of nitrogens with one attached hydrogen (secondary N) is 1. The van der Waals surface area contributed by atoms with E-state index in [2.05, 4.69) is 20.4 Å². The van der Waals surface area contributed by atoms with Crippen molar-refractivity contribution >= 4 is 0 Å². The maximum Gasteiger partial charge on any atom is 0.0867 e. The molecule has 0 aromatic carbocycles. The van der Waals surface area contributed by atoms with Crippen LogP contribution in [0.1, 0.15) is 38.5 Å². The minimum atomic E-state index is 0. The Kier molecular flexibility index (Phi) is 9.01. The molecule has 0 atom stereocenters. The van der Waals surface area contributed by atoms with Gasteiger partial charge in [-0.1, -0.05) is 0 Å². The molecule has 6 heteroatoms. The highest BCUT2D eigenvalue weighted by molar-refractivity contribution is 4.92. The molecule has 3 saturated heterocycles. The van der Waals surface area contributed by atoms with Gasteiger partial charge in [0.1, 0.15) is 0 Å². The number of rotatable bonds is 3. The van der Waals surface area contributed by atoms with Gasteiger partial charge in [0.2, 0.25) is 0 Å². The average molecular weight is 561 g/mol. The first-order valence-electron chi connectivity index (χ1n) is 9.82. The van der Waals surface area contributed by atoms with Crippen LogP contribution in [0.2, 0.25) is 0 Å². The van der Waals surface area contributed by atoms with Gasteiger partial charge in [-0.2, -0.15) is 0 Å². The van der Waals surface area contributed by atoms with E-state index in [1.165, 1.54) is 97.4 Å². The number of halogens is 2. The summed E-state index contributed by atoms with van der Waals surface area (Å²) in [4.78, 5) is 5.54. The third kappa shape index (κ3) is 5.18. The highest BCUT2D eigenvalue weighted by Crippen LogP contribution is 2.39. The Morgan fingerprint density at radius 3 is 2.04 bits per heavy atom. The lowest BCUT2D eigenvalue weighted by Crippen LogP contribution is -3.00. The van der Waals surface area contributed by atoms with Crippen molar-refractivity contribution in [3.05, 3.63) is 0 Å². The van der Waals surface area contributed by atoms with Crippen LogP contribution in [-0.4, -0.2) is 74.7 Å². The lowest BCUT2D eigenvalue weighted by atomic mass is 9.68. The number of quaternary nitrogens is 1. The first kappa shape index (κ1) is 21.6. The van der Waals surface area contributed by atoms with E-state index in [0.29, 0.717) is 0 Å². The predicted molar refractivity (Wildman–Crippen MR) is 90.0 cm³/mol. The molecule has 0 unspecified atom stereocenters. The number of hydrogen-bond acceptors (Lipinski definition) is 3. The Labute approximate surface area is 182 Å². The van der Waals surface area contributed by atoms with Gasteiger partial charge in [0.05, 0.1) is 18.5 Å². The van der Waals surface area contributed by atoms with E-state index in [1.807, 2.05) is 0 Å². The highest BCUT2D eigenvalue weighted by atomic mass is 127. The highest BCUT2D eigenvalue weighted by Gasteiger charge is 2.45. The molecule has 3 heterocycles. The van der Waals surface area contributed by atoms with E-state index in [9.17, 15) is 0 Å². The second-order valence-electron chi connectivity index (χ2n) is 8.46. The summed E-state index contributed by atoms with van der Waals surface area (Å²) >= 11 is 0. The molecule has 24 heavy (non-hydrogen) atoms. The zero-order chi connectivity index (χ0) is 14.8. The molecular weight excluding hydrogens is 526 g/mol. The van der Waals surface area contributed by atoms with Gasteiger partial charge in [0.25, 0.3) is 0 Å². The summed E-state index contributed by atoms with van der Waals surface area (Å²) in [6.07, 6.45) is 8.87. The fraction of sp³-hybridized carbons (Fsp3) is 1.00. The number of likely N-dealkylation sites (tertiary alicyclic amines) is 1. The predicted octanol–water partition coefficient (Wildman–Crippen LogP) is -5.88. The lowest BCUT2D eigenvalue weighted by Gasteiger charge is -2.47. The molecule has 0 radical (unpaired) electrons. The molecular formula is C18H35I2N4-. The number of hydrogen-bond donors (Lipinski definition) is 2. The van der Waals surface area contributed by atoms with E-state index in [1.54, 1.807) is 0 Å². The molecule has 4 rings (SSSR count). The van der Waals surface area contributed by atoms with Gasteiger partial charge in [-0.05, 0) is 57.5 Å². The molecule has 1 spiro atoms. The molecule has 0 bridgehead atoms. The minimum absolute atomic E-state index is 0. The molecule has 142 valence electrons. The van der Waals surface area contributed by atoms with Crippen LogP contribution in [-0.2, 0) is 0 Å². The van der Waals surface area contributed by atoms with E-state index in [0.717, 1.165) is 17.4 Å². The van der Waals surface area contributed by atoms with Crippen LogP contribution in [0, 0.1) is 11.3 Å². The molecule has 1 saturated carbocycles. The van der Waals surface area contributed by atoms with Crippen molar-refractivity contribution in [1.29, 1.82) is 0 Å². The van der Waals surface area contributed by atoms with Gasteiger partial charge >= 0.3 is 0 Å². The van der Waals surface area contributed by atoms with Crippen molar-refractivity contribution in [3.8, 4) is 0 Å². The van der Waals surface area contributed by atoms with Crippen molar-refractivity contribution in [1.82, 2.24) is 15.1 Å². The number of nitrogens with zero attached hydrogens (tertiary/aromatic N) is 2. The first-order chi connectivity index (χ1) is 10.8. The van der Waals surface area contributed by atoms with Crippen LogP contribution in [0.5, 0.6) is 0 Å². The third-order valence-corrected chi connectivity index (χ3v) is 7.06. The molecule has 1 aliphatic carbocycles. The quantitative estimate of drug-likeness (QED) is 0.338. The maximum atomic E-state index is 3.47. The maximum absolute atomic E-state index is 3.47. The van der Waals surface area contributed by atoms with Gasteiger partial charge in [-0.3, -0.25) is 0 Å². The Balaban J connectivity index is 0.00000104. The Bertz CT molecular complexity index is 354. The second kappa shape index (κ2) is 10.0. The third-order valence-electron chi connectivity index (χ3n) is 7.06. The fourth-order valence-electron chi connectivity index (χ4n) is 5.30. The SMILES string of the molecule is C1CN(CC2CCN(C3CCC4(CC3)C[NH2+]C4)CC2)CCN1.[I-].[I-]. The number of piperidine rings is 1. The van der Waals surface area contributed by atoms with Gasteiger partial charge in [0.15, 0.2) is 0 Å². The van der Waals surface area contributed by atoms with Crippen molar-refractivity contribution in [2.24, 2.45) is 11.3 Å². The van der Waals surface area contributed by atoms with E-state index in [4.69, 9.17) is 0 Å². The molecule has 0 aromatic rings. The Morgan fingerprint density at radius 2 is 1.50 bits per heavy atom. The summed E-state index contributed by atoms with van der Waals surface area (Å²) in [7, 11) is 0. The average Bonchev–Trinajstić information content (AvgIpc) is 2.55. The van der Waals surface area contributed by atoms with Crippen LogP contribution in [0.15, 0.2) is 0 Å². The monoisotopic (exact) mass is 561 g/mol. The lowest BCUT2D eigenvalue weighted by molar-refractivity contribution is -0.743. The van der Waals surface area contributed by atoms with Gasteiger partial charge in [-0.15, -0.1) is 0 Å². The standard InChI is InChI=1S/C18H34N4.2HI/c1-5-18(14-20-15-18)6-2-17(1)22-9-3-16(4-10-22)13-21-11-7-19-8-12-21;;/h16-17,19-20H,1-15H2;2*1H/p-1. The van der Waals surface area contributed by atoms with Crippen LogP contribution < -0.4 is 58.6 Å². The summed E-state index contributed by atoms with van der Waals surface area (Å²) in [6, 6.07) is 0.923. The summed E-state index contributed by atoms with van der Waals surface area (Å²) in [6.45, 7) is 11.9. The number of piperazine rings is 1. The minimum Gasteiger partial charge on any atom is -1.00 e. The van der Waals surface area contributed by atoms with Crippen molar-refractivity contribution in [2.45, 2.75) is 44.6 Å². The molecule has 0 amide bonds. The van der Waals surface area contributed by atoms with Gasteiger partial charge in [0, 0.05) is 38.8 Å². The summed E-state index contributed by atoms with van der Waals surface area (Å²) in [5.74, 6) is 0.963. The molecule has 4 nitrogen and oxygen atoms in total. The zero-order valence-electron chi connectivity index (χ0n) is 15.0. The van der Waals surface area contributed by atoms with Crippen molar-refractivity contribution in [3.63, 3.8) is 0 Å². The summed E-state index contributed by atoms with van der Waals surface area (Å²) in [5.41, 5.74) is 0.775. The zero-order valence-corrected chi connectivity index (χ0v) is 19.3. The van der Waals surface area contributed by atoms with E-state index in [-0.39, 0.29) is 48.0 Å².